The Morgan fingerprint density at radius 3 is 2.15 bits per heavy atom. The first-order valence-corrected chi connectivity index (χ1v) is 3.36. The highest BCUT2D eigenvalue weighted by Crippen LogP contribution is 2.32. The Morgan fingerprint density at radius 1 is 1.00 bits per heavy atom. The van der Waals surface area contributed by atoms with Crippen molar-refractivity contribution in [3.8, 4) is 11.5 Å². The molecule has 0 bridgehead atoms. The number of hydrogen-bond acceptors (Lipinski definition) is 5. The Labute approximate surface area is 73.4 Å². The Bertz CT molecular complexity index is 352. The average Bonchev–Trinajstić information content (AvgIpc) is 2.08. The van der Waals surface area contributed by atoms with E-state index in [1.807, 2.05) is 0 Å². The van der Waals surface area contributed by atoms with E-state index in [-0.39, 0.29) is 5.56 Å². The summed E-state index contributed by atoms with van der Waals surface area (Å²) >= 11 is 0. The third-order valence-corrected chi connectivity index (χ3v) is 1.48. The highest BCUT2D eigenvalue weighted by molar-refractivity contribution is 5.67. The molecule has 0 heterocycles. The Balaban J connectivity index is 3.32. The lowest BCUT2D eigenvalue weighted by Gasteiger charge is -2.04. The molecule has 0 aliphatic carbocycles. The fourth-order valence-corrected chi connectivity index (χ4v) is 0.843. The molecule has 70 valence electrons. The van der Waals surface area contributed by atoms with Crippen LogP contribution in [0.2, 0.25) is 0 Å². The Morgan fingerprint density at radius 2 is 1.62 bits per heavy atom. The van der Waals surface area contributed by atoms with E-state index in [2.05, 4.69) is 0 Å². The van der Waals surface area contributed by atoms with Gasteiger partial charge in [-0.2, -0.15) is 0 Å². The molecule has 0 amide bonds. The molecule has 0 saturated carbocycles. The largest absolute Gasteiger partial charge is 0.504 e. The van der Waals surface area contributed by atoms with Crippen LogP contribution in [-0.2, 0) is 0 Å². The van der Waals surface area contributed by atoms with Crippen molar-refractivity contribution in [2.45, 2.75) is 0 Å². The molecule has 0 atom stereocenters. The van der Waals surface area contributed by atoms with Crippen molar-refractivity contribution in [2.24, 2.45) is 0 Å². The fourth-order valence-electron chi connectivity index (χ4n) is 0.843. The van der Waals surface area contributed by atoms with Crippen molar-refractivity contribution in [3.05, 3.63) is 29.7 Å². The van der Waals surface area contributed by atoms with Gasteiger partial charge in [0.05, 0.1) is 5.56 Å². The quantitative estimate of drug-likeness (QED) is 0.335. The van der Waals surface area contributed by atoms with Gasteiger partial charge >= 0.3 is 5.95 Å². The maximum Gasteiger partial charge on any atom is 0.319 e. The van der Waals surface area contributed by atoms with Crippen LogP contribution in [0, 0.1) is 0 Å². The van der Waals surface area contributed by atoms with Gasteiger partial charge in [0.15, 0.2) is 11.5 Å². The van der Waals surface area contributed by atoms with Crippen LogP contribution in [0.1, 0.15) is 5.56 Å². The fraction of sp³-hybridized carbons (Fsp3) is 0. The topological polar surface area (TPSA) is 101 Å². The SMILES string of the molecule is OC(O)=C(O)c1cccc(O)c1O. The van der Waals surface area contributed by atoms with Crippen molar-refractivity contribution in [1.82, 2.24) is 0 Å². The van der Waals surface area contributed by atoms with E-state index in [1.165, 1.54) is 18.2 Å². The van der Waals surface area contributed by atoms with Crippen LogP contribution in [0.25, 0.3) is 5.76 Å². The predicted molar refractivity (Wildman–Crippen MR) is 44.6 cm³/mol. The lowest BCUT2D eigenvalue weighted by atomic mass is 10.1. The summed E-state index contributed by atoms with van der Waals surface area (Å²) < 4.78 is 0. The van der Waals surface area contributed by atoms with Crippen LogP contribution < -0.4 is 0 Å². The molecule has 0 aliphatic heterocycles. The van der Waals surface area contributed by atoms with Crippen LogP contribution in [0.3, 0.4) is 0 Å². The summed E-state index contributed by atoms with van der Waals surface area (Å²) in [7, 11) is 0. The van der Waals surface area contributed by atoms with Gasteiger partial charge in [0.2, 0.25) is 5.76 Å². The molecule has 5 N–H and O–H groups in total. The zero-order valence-electron chi connectivity index (χ0n) is 6.47. The molecule has 1 rings (SSSR count). The number of phenols is 2. The second-order valence-corrected chi connectivity index (χ2v) is 2.35. The predicted octanol–water partition coefficient (Wildman–Crippen LogP) is 1.40. The van der Waals surface area contributed by atoms with Crippen molar-refractivity contribution >= 4 is 5.76 Å². The lowest BCUT2D eigenvalue weighted by molar-refractivity contribution is 0.181. The zero-order valence-corrected chi connectivity index (χ0v) is 6.47. The van der Waals surface area contributed by atoms with E-state index in [0.29, 0.717) is 0 Å². The van der Waals surface area contributed by atoms with Gasteiger partial charge in [0, 0.05) is 0 Å². The second-order valence-electron chi connectivity index (χ2n) is 2.35. The minimum absolute atomic E-state index is 0.250. The van der Waals surface area contributed by atoms with E-state index in [1.54, 1.807) is 0 Å². The highest BCUT2D eigenvalue weighted by atomic mass is 16.5. The molecule has 0 spiro atoms. The zero-order chi connectivity index (χ0) is 10.0. The molecule has 13 heavy (non-hydrogen) atoms. The number of rotatable bonds is 1. The highest BCUT2D eigenvalue weighted by Gasteiger charge is 2.13. The summed E-state index contributed by atoms with van der Waals surface area (Å²) in [4.78, 5) is 0. The normalized spacial score (nSPS) is 9.54. The van der Waals surface area contributed by atoms with Crippen molar-refractivity contribution in [1.29, 1.82) is 0 Å². The van der Waals surface area contributed by atoms with Crippen molar-refractivity contribution in [3.63, 3.8) is 0 Å². The van der Waals surface area contributed by atoms with Gasteiger partial charge in [-0.05, 0) is 12.1 Å². The van der Waals surface area contributed by atoms with E-state index in [0.717, 1.165) is 0 Å². The first-order chi connectivity index (χ1) is 6.04. The number of para-hydroxylation sites is 1. The van der Waals surface area contributed by atoms with Gasteiger partial charge in [0.1, 0.15) is 0 Å². The summed E-state index contributed by atoms with van der Waals surface area (Å²) in [6.07, 6.45) is 0. The molecular weight excluding hydrogens is 176 g/mol. The van der Waals surface area contributed by atoms with Gasteiger partial charge in [-0.3, -0.25) is 0 Å². The molecule has 0 aromatic heterocycles. The number of phenolic OH excluding ortho intramolecular Hbond substituents is 2. The molecule has 0 aliphatic rings. The molecule has 0 saturated heterocycles. The molecule has 0 fully saturated rings. The number of aliphatic hydroxyl groups is 3. The van der Waals surface area contributed by atoms with Gasteiger partial charge in [-0.1, -0.05) is 6.07 Å². The van der Waals surface area contributed by atoms with Crippen LogP contribution in [0.4, 0.5) is 0 Å². The van der Waals surface area contributed by atoms with Crippen LogP contribution in [0.5, 0.6) is 11.5 Å². The number of aliphatic hydroxyl groups excluding tert-OH is 2. The summed E-state index contributed by atoms with van der Waals surface area (Å²) in [5, 5.41) is 44.1. The third-order valence-electron chi connectivity index (χ3n) is 1.48. The van der Waals surface area contributed by atoms with E-state index in [9.17, 15) is 0 Å². The second kappa shape index (κ2) is 3.14. The van der Waals surface area contributed by atoms with Crippen LogP contribution in [0.15, 0.2) is 24.1 Å². The van der Waals surface area contributed by atoms with Crippen molar-refractivity contribution < 1.29 is 25.5 Å². The Kier molecular flexibility index (Phi) is 2.19. The van der Waals surface area contributed by atoms with E-state index >= 15 is 0 Å². The smallest absolute Gasteiger partial charge is 0.319 e. The van der Waals surface area contributed by atoms with Crippen LogP contribution in [-0.4, -0.2) is 25.5 Å². The molecule has 5 nitrogen and oxygen atoms in total. The standard InChI is InChI=1S/C8H8O5/c9-5-3-1-2-4(6(5)10)7(11)8(12)13/h1-3,9-13H. The van der Waals surface area contributed by atoms with E-state index < -0.39 is 23.2 Å². The third kappa shape index (κ3) is 1.58. The lowest BCUT2D eigenvalue weighted by Crippen LogP contribution is -1.90. The van der Waals surface area contributed by atoms with Crippen LogP contribution >= 0.6 is 0 Å². The van der Waals surface area contributed by atoms with Gasteiger partial charge in [-0.25, -0.2) is 0 Å². The molecule has 1 aromatic rings. The van der Waals surface area contributed by atoms with E-state index in [4.69, 9.17) is 25.5 Å². The first-order valence-electron chi connectivity index (χ1n) is 3.36. The number of benzene rings is 1. The average molecular weight is 184 g/mol. The van der Waals surface area contributed by atoms with Gasteiger partial charge in [-0.15, -0.1) is 0 Å². The van der Waals surface area contributed by atoms with Gasteiger partial charge in [0.25, 0.3) is 0 Å². The molecular formula is C8H8O5. The molecule has 0 radical (unpaired) electrons. The monoisotopic (exact) mass is 184 g/mol. The first kappa shape index (κ1) is 9.05. The number of aromatic hydroxyl groups is 2. The summed E-state index contributed by atoms with van der Waals surface area (Å²) in [5.74, 6) is -3.28. The number of hydrogen-bond donors (Lipinski definition) is 5. The minimum atomic E-state index is -1.32. The summed E-state index contributed by atoms with van der Waals surface area (Å²) in [5.41, 5.74) is -0.250. The maximum absolute atomic E-state index is 9.15. The molecule has 5 heteroatoms. The summed E-state index contributed by atoms with van der Waals surface area (Å²) in [6, 6.07) is 3.75. The maximum atomic E-state index is 9.15. The minimum Gasteiger partial charge on any atom is -0.504 e. The summed E-state index contributed by atoms with van der Waals surface area (Å²) in [6.45, 7) is 0. The van der Waals surface area contributed by atoms with Crippen molar-refractivity contribution in [2.75, 3.05) is 0 Å². The molecule has 0 unspecified atom stereocenters. The van der Waals surface area contributed by atoms with Gasteiger partial charge < -0.3 is 25.5 Å². The Hall–Kier alpha value is -2.04. The molecule has 1 aromatic carbocycles.